The summed E-state index contributed by atoms with van der Waals surface area (Å²) in [6.45, 7) is 4.45. The fraction of sp³-hybridized carbons (Fsp3) is 0.231. The van der Waals surface area contributed by atoms with Gasteiger partial charge in [0.2, 0.25) is 0 Å². The summed E-state index contributed by atoms with van der Waals surface area (Å²) in [5.74, 6) is 0.0956. The molecular weight excluding hydrogens is 386 g/mol. The van der Waals surface area contributed by atoms with Crippen LogP contribution in [-0.4, -0.2) is 36.5 Å². The predicted molar refractivity (Wildman–Crippen MR) is 126 cm³/mol. The number of benzene rings is 3. The first-order valence-electron chi connectivity index (χ1n) is 10.5. The van der Waals surface area contributed by atoms with Crippen LogP contribution in [0.15, 0.2) is 84.9 Å². The molecule has 0 aliphatic carbocycles. The molecule has 1 atom stereocenters. The number of carbonyl (C=O) groups excluding carboxylic acids is 2. The Morgan fingerprint density at radius 3 is 2.06 bits per heavy atom. The molecule has 0 radical (unpaired) electrons. The molecule has 0 saturated carbocycles. The van der Waals surface area contributed by atoms with Crippen LogP contribution >= 0.6 is 0 Å². The summed E-state index contributed by atoms with van der Waals surface area (Å²) < 4.78 is 0. The zero-order valence-electron chi connectivity index (χ0n) is 18.2. The number of nitrogens with zero attached hydrogens (tertiary/aromatic N) is 1. The van der Waals surface area contributed by atoms with Crippen molar-refractivity contribution in [1.29, 1.82) is 0 Å². The van der Waals surface area contributed by atoms with E-state index in [-0.39, 0.29) is 23.9 Å². The van der Waals surface area contributed by atoms with Crippen LogP contribution < -0.4 is 10.6 Å². The average Bonchev–Trinajstić information content (AvgIpc) is 2.79. The summed E-state index contributed by atoms with van der Waals surface area (Å²) >= 11 is 0. The van der Waals surface area contributed by atoms with Crippen molar-refractivity contribution in [2.75, 3.05) is 18.9 Å². The SMILES string of the molecule is CC(C)[C@@H](CNC(=O)Nc1ccccc1)N(C)C(=O)c1ccccc1-c1ccccc1. The number of amides is 3. The maximum absolute atomic E-state index is 13.4. The number of rotatable bonds is 7. The van der Waals surface area contributed by atoms with Crippen molar-refractivity contribution in [1.82, 2.24) is 10.2 Å². The number of likely N-dealkylation sites (N-methyl/N-ethyl adjacent to an activating group) is 1. The predicted octanol–water partition coefficient (Wildman–Crippen LogP) is 5.27. The highest BCUT2D eigenvalue weighted by Crippen LogP contribution is 2.25. The van der Waals surface area contributed by atoms with Crippen molar-refractivity contribution in [2.45, 2.75) is 19.9 Å². The number of anilines is 1. The van der Waals surface area contributed by atoms with E-state index in [4.69, 9.17) is 0 Å². The van der Waals surface area contributed by atoms with Gasteiger partial charge in [-0.1, -0.05) is 80.6 Å². The van der Waals surface area contributed by atoms with Gasteiger partial charge in [0.05, 0.1) is 6.04 Å². The molecule has 0 aromatic heterocycles. The molecule has 0 aliphatic heterocycles. The highest BCUT2D eigenvalue weighted by Gasteiger charge is 2.26. The Bertz CT molecular complexity index is 1000. The lowest BCUT2D eigenvalue weighted by molar-refractivity contribution is 0.0690. The zero-order chi connectivity index (χ0) is 22.2. The minimum atomic E-state index is -0.289. The van der Waals surface area contributed by atoms with Gasteiger partial charge in [0, 0.05) is 24.8 Å². The van der Waals surface area contributed by atoms with E-state index < -0.39 is 0 Å². The van der Waals surface area contributed by atoms with E-state index in [2.05, 4.69) is 10.6 Å². The van der Waals surface area contributed by atoms with E-state index in [9.17, 15) is 9.59 Å². The summed E-state index contributed by atoms with van der Waals surface area (Å²) in [5.41, 5.74) is 3.27. The van der Waals surface area contributed by atoms with Crippen molar-refractivity contribution in [3.05, 3.63) is 90.5 Å². The molecule has 3 aromatic rings. The first-order chi connectivity index (χ1) is 15.0. The van der Waals surface area contributed by atoms with E-state index in [1.165, 1.54) is 0 Å². The first kappa shape index (κ1) is 22.1. The Kier molecular flexibility index (Phi) is 7.44. The van der Waals surface area contributed by atoms with Gasteiger partial charge in [0.25, 0.3) is 5.91 Å². The van der Waals surface area contributed by atoms with Gasteiger partial charge in [-0.15, -0.1) is 0 Å². The maximum Gasteiger partial charge on any atom is 0.319 e. The minimum absolute atomic E-state index is 0.0663. The van der Waals surface area contributed by atoms with Gasteiger partial charge in [0.1, 0.15) is 0 Å². The maximum atomic E-state index is 13.4. The Morgan fingerprint density at radius 2 is 1.42 bits per heavy atom. The number of carbonyl (C=O) groups is 2. The third-order valence-electron chi connectivity index (χ3n) is 5.33. The third kappa shape index (κ3) is 5.72. The van der Waals surface area contributed by atoms with Gasteiger partial charge in [0.15, 0.2) is 0 Å². The van der Waals surface area contributed by atoms with E-state index in [1.54, 1.807) is 11.9 Å². The number of hydrogen-bond acceptors (Lipinski definition) is 2. The second kappa shape index (κ2) is 10.4. The Balaban J connectivity index is 1.72. The van der Waals surface area contributed by atoms with Gasteiger partial charge < -0.3 is 15.5 Å². The summed E-state index contributed by atoms with van der Waals surface area (Å²) in [6, 6.07) is 26.4. The van der Waals surface area contributed by atoms with Crippen LogP contribution in [0.25, 0.3) is 11.1 Å². The van der Waals surface area contributed by atoms with Crippen molar-refractivity contribution >= 4 is 17.6 Å². The molecule has 0 fully saturated rings. The zero-order valence-corrected chi connectivity index (χ0v) is 18.2. The number of hydrogen-bond donors (Lipinski definition) is 2. The largest absolute Gasteiger partial charge is 0.337 e. The summed E-state index contributed by atoms with van der Waals surface area (Å²) in [5, 5.41) is 5.72. The number of nitrogens with one attached hydrogen (secondary N) is 2. The Morgan fingerprint density at radius 1 is 0.839 bits per heavy atom. The molecule has 3 rings (SSSR count). The van der Waals surface area contributed by atoms with Crippen LogP contribution in [0.4, 0.5) is 10.5 Å². The monoisotopic (exact) mass is 415 g/mol. The fourth-order valence-corrected chi connectivity index (χ4v) is 3.59. The lowest BCUT2D eigenvalue weighted by Gasteiger charge is -2.32. The molecule has 0 bridgehead atoms. The molecule has 5 heteroatoms. The van der Waals surface area contributed by atoms with Crippen LogP contribution in [0.2, 0.25) is 0 Å². The minimum Gasteiger partial charge on any atom is -0.337 e. The van der Waals surface area contributed by atoms with Gasteiger partial charge in [-0.3, -0.25) is 4.79 Å². The summed E-state index contributed by atoms with van der Waals surface area (Å²) in [7, 11) is 1.80. The Hall–Kier alpha value is -3.60. The average molecular weight is 416 g/mol. The van der Waals surface area contributed by atoms with E-state index in [0.717, 1.165) is 16.8 Å². The molecule has 0 saturated heterocycles. The first-order valence-corrected chi connectivity index (χ1v) is 10.5. The second-order valence-electron chi connectivity index (χ2n) is 7.84. The molecule has 0 unspecified atom stereocenters. The standard InChI is InChI=1S/C26H29N3O2/c1-19(2)24(18-27-26(31)28-21-14-8-5-9-15-21)29(3)25(30)23-17-11-10-16-22(23)20-12-6-4-7-13-20/h4-17,19,24H,18H2,1-3H3,(H2,27,28,31)/t24-/m1/s1. The van der Waals surface area contributed by atoms with Crippen molar-refractivity contribution in [3.8, 4) is 11.1 Å². The van der Waals surface area contributed by atoms with Gasteiger partial charge in [-0.05, 0) is 35.2 Å². The normalized spacial score (nSPS) is 11.6. The quantitative estimate of drug-likeness (QED) is 0.552. The van der Waals surface area contributed by atoms with E-state index >= 15 is 0 Å². The van der Waals surface area contributed by atoms with E-state index in [0.29, 0.717) is 12.1 Å². The number of urea groups is 1. The fourth-order valence-electron chi connectivity index (χ4n) is 3.59. The third-order valence-corrected chi connectivity index (χ3v) is 5.33. The molecule has 3 amide bonds. The van der Waals surface area contributed by atoms with Crippen molar-refractivity contribution in [3.63, 3.8) is 0 Å². The molecule has 31 heavy (non-hydrogen) atoms. The molecule has 5 nitrogen and oxygen atoms in total. The van der Waals surface area contributed by atoms with Crippen molar-refractivity contribution in [2.24, 2.45) is 5.92 Å². The van der Waals surface area contributed by atoms with Crippen LogP contribution in [0.1, 0.15) is 24.2 Å². The molecule has 0 spiro atoms. The molecule has 0 aliphatic rings. The van der Waals surface area contributed by atoms with Gasteiger partial charge >= 0.3 is 6.03 Å². The van der Waals surface area contributed by atoms with Crippen LogP contribution in [-0.2, 0) is 0 Å². The van der Waals surface area contributed by atoms with Crippen LogP contribution in [0, 0.1) is 5.92 Å². The highest BCUT2D eigenvalue weighted by molar-refractivity contribution is 6.01. The lowest BCUT2D eigenvalue weighted by Crippen LogP contribution is -2.48. The summed E-state index contributed by atoms with van der Waals surface area (Å²) in [4.78, 5) is 27.5. The molecule has 160 valence electrons. The lowest BCUT2D eigenvalue weighted by atomic mass is 9.97. The Labute approximate surface area is 184 Å². The number of para-hydroxylation sites is 1. The molecule has 0 heterocycles. The van der Waals surface area contributed by atoms with Gasteiger partial charge in [-0.2, -0.15) is 0 Å². The molecule has 3 aromatic carbocycles. The van der Waals surface area contributed by atoms with Crippen molar-refractivity contribution < 1.29 is 9.59 Å². The second-order valence-corrected chi connectivity index (χ2v) is 7.84. The van der Waals surface area contributed by atoms with Crippen LogP contribution in [0.5, 0.6) is 0 Å². The highest BCUT2D eigenvalue weighted by atomic mass is 16.2. The smallest absolute Gasteiger partial charge is 0.319 e. The van der Waals surface area contributed by atoms with Gasteiger partial charge in [-0.25, -0.2) is 4.79 Å². The summed E-state index contributed by atoms with van der Waals surface area (Å²) in [6.07, 6.45) is 0. The molecular formula is C26H29N3O2. The van der Waals surface area contributed by atoms with Crippen LogP contribution in [0.3, 0.4) is 0 Å². The molecule has 2 N–H and O–H groups in total. The topological polar surface area (TPSA) is 61.4 Å². The van der Waals surface area contributed by atoms with E-state index in [1.807, 2.05) is 98.8 Å².